The number of fused-ring (bicyclic) bond motifs is 1. The number of nitrogens with zero attached hydrogens (tertiary/aromatic N) is 2. The summed E-state index contributed by atoms with van der Waals surface area (Å²) in [6.07, 6.45) is 0.849. The van der Waals surface area contributed by atoms with Gasteiger partial charge in [0, 0.05) is 42.6 Å². The number of amides is 4. The van der Waals surface area contributed by atoms with Crippen molar-refractivity contribution in [1.29, 1.82) is 5.26 Å². The summed E-state index contributed by atoms with van der Waals surface area (Å²) in [6.45, 7) is 2.59. The van der Waals surface area contributed by atoms with E-state index in [0.717, 1.165) is 6.07 Å². The van der Waals surface area contributed by atoms with Gasteiger partial charge < -0.3 is 20.3 Å². The number of halogens is 2. The van der Waals surface area contributed by atoms with Gasteiger partial charge >= 0.3 is 6.03 Å². The van der Waals surface area contributed by atoms with Crippen LogP contribution < -0.4 is 25.6 Å². The Hall–Kier alpha value is -4.20. The molecule has 0 aliphatic carbocycles. The molecule has 3 N–H and O–H groups in total. The summed E-state index contributed by atoms with van der Waals surface area (Å²) >= 11 is 0. The van der Waals surface area contributed by atoms with Crippen LogP contribution in [0.3, 0.4) is 0 Å². The molecule has 0 bridgehead atoms. The fraction of sp³-hybridized carbons (Fsp3) is 0.360. The molecule has 2 saturated heterocycles. The van der Waals surface area contributed by atoms with Gasteiger partial charge in [-0.2, -0.15) is 5.26 Å². The molecule has 2 aromatic carbocycles. The lowest BCUT2D eigenvalue weighted by molar-refractivity contribution is -0.134. The molecule has 11 heteroatoms. The number of ether oxygens (including phenoxy) is 1. The van der Waals surface area contributed by atoms with Crippen molar-refractivity contribution in [3.8, 4) is 11.8 Å². The van der Waals surface area contributed by atoms with Gasteiger partial charge in [-0.15, -0.1) is 0 Å². The quantitative estimate of drug-likeness (QED) is 0.561. The number of piperidine rings is 1. The number of nitrogens with one attached hydrogen (secondary N) is 3. The monoisotopic (exact) mass is 495 g/mol. The zero-order valence-electron chi connectivity index (χ0n) is 19.4. The maximum Gasteiger partial charge on any atom is 0.319 e. The molecule has 186 valence electrons. The van der Waals surface area contributed by atoms with E-state index in [2.05, 4.69) is 16.0 Å². The Morgan fingerprint density at radius 2 is 2.03 bits per heavy atom. The maximum atomic E-state index is 15.4. The molecule has 3 aliphatic heterocycles. The van der Waals surface area contributed by atoms with Crippen LogP contribution in [0.4, 0.5) is 25.0 Å². The third-order valence-corrected chi connectivity index (χ3v) is 6.98. The van der Waals surface area contributed by atoms with E-state index in [1.165, 1.54) is 18.2 Å². The lowest BCUT2D eigenvalue weighted by Crippen LogP contribution is -2.66. The molecule has 4 amide bonds. The average Bonchev–Trinajstić information content (AvgIpc) is 3.33. The molecule has 2 aromatic rings. The van der Waals surface area contributed by atoms with Gasteiger partial charge in [-0.05, 0) is 31.5 Å². The van der Waals surface area contributed by atoms with E-state index in [0.29, 0.717) is 36.6 Å². The summed E-state index contributed by atoms with van der Waals surface area (Å²) in [7, 11) is 0. The number of imide groups is 1. The van der Waals surface area contributed by atoms with Crippen molar-refractivity contribution in [1.82, 2.24) is 10.6 Å². The summed E-state index contributed by atoms with van der Waals surface area (Å²) in [4.78, 5) is 38.2. The minimum Gasteiger partial charge on any atom is -0.491 e. The number of carbonyl (C=O) groups is 3. The van der Waals surface area contributed by atoms with Gasteiger partial charge in [0.1, 0.15) is 17.4 Å². The zero-order valence-corrected chi connectivity index (χ0v) is 19.4. The molecule has 2 fully saturated rings. The second kappa shape index (κ2) is 9.11. The largest absolute Gasteiger partial charge is 0.491 e. The number of hydrogen-bond donors (Lipinski definition) is 3. The van der Waals surface area contributed by atoms with Crippen molar-refractivity contribution < 1.29 is 27.9 Å². The first kappa shape index (κ1) is 23.5. The van der Waals surface area contributed by atoms with Gasteiger partial charge in [-0.25, -0.2) is 13.6 Å². The van der Waals surface area contributed by atoms with Crippen LogP contribution in [0.25, 0.3) is 0 Å². The Kier molecular flexibility index (Phi) is 5.96. The van der Waals surface area contributed by atoms with Crippen molar-refractivity contribution in [2.24, 2.45) is 0 Å². The summed E-state index contributed by atoms with van der Waals surface area (Å²) in [6, 6.07) is 5.83. The molecule has 3 aliphatic rings. The van der Waals surface area contributed by atoms with Crippen molar-refractivity contribution in [3.05, 3.63) is 52.6 Å². The first-order valence-electron chi connectivity index (χ1n) is 11.6. The lowest BCUT2D eigenvalue weighted by atomic mass is 9.85. The third-order valence-electron chi connectivity index (χ3n) is 6.98. The van der Waals surface area contributed by atoms with Gasteiger partial charge in [0.15, 0.2) is 0 Å². The zero-order chi connectivity index (χ0) is 25.6. The number of rotatable bonds is 4. The highest BCUT2D eigenvalue weighted by Gasteiger charge is 2.41. The van der Waals surface area contributed by atoms with E-state index < -0.39 is 29.5 Å². The molecular weight excluding hydrogens is 472 g/mol. The summed E-state index contributed by atoms with van der Waals surface area (Å²) in [5.74, 6) is -2.33. The third kappa shape index (κ3) is 4.08. The van der Waals surface area contributed by atoms with Crippen LogP contribution >= 0.6 is 0 Å². The van der Waals surface area contributed by atoms with Crippen molar-refractivity contribution in [2.75, 3.05) is 23.4 Å². The van der Waals surface area contributed by atoms with Crippen molar-refractivity contribution >= 4 is 29.2 Å². The Balaban J connectivity index is 1.29. The van der Waals surface area contributed by atoms with Crippen LogP contribution in [-0.2, 0) is 16.0 Å². The number of urea groups is 1. The molecule has 1 unspecified atom stereocenters. The molecule has 3 heterocycles. The minimum atomic E-state index is -0.748. The number of nitriles is 1. The second-order valence-electron chi connectivity index (χ2n) is 9.11. The number of benzene rings is 2. The average molecular weight is 495 g/mol. The SMILES string of the molecule is C[C@H]1[C@H](NC(=O)Nc2ccc(C#N)cc2F)CN1c1cc(F)c(C2CCC(=O)NC2=O)c2c1OCC2. The molecule has 3 atom stereocenters. The molecule has 0 spiro atoms. The molecule has 0 saturated carbocycles. The fourth-order valence-corrected chi connectivity index (χ4v) is 5.01. The summed E-state index contributed by atoms with van der Waals surface area (Å²) in [5.41, 5.74) is 1.56. The molecule has 0 radical (unpaired) electrons. The molecule has 5 rings (SSSR count). The number of hydrogen-bond acceptors (Lipinski definition) is 6. The normalized spacial score (nSPS) is 22.6. The van der Waals surface area contributed by atoms with E-state index in [9.17, 15) is 18.8 Å². The predicted molar refractivity (Wildman–Crippen MR) is 125 cm³/mol. The number of carbonyl (C=O) groups excluding carboxylic acids is 3. The van der Waals surface area contributed by atoms with Gasteiger partial charge in [0.05, 0.1) is 41.6 Å². The van der Waals surface area contributed by atoms with E-state index in [1.807, 2.05) is 17.9 Å². The van der Waals surface area contributed by atoms with Crippen molar-refractivity contribution in [2.45, 2.75) is 44.2 Å². The highest BCUT2D eigenvalue weighted by atomic mass is 19.1. The Morgan fingerprint density at radius 3 is 2.72 bits per heavy atom. The smallest absolute Gasteiger partial charge is 0.319 e. The fourth-order valence-electron chi connectivity index (χ4n) is 5.01. The van der Waals surface area contributed by atoms with Crippen LogP contribution in [0.15, 0.2) is 24.3 Å². The Bertz CT molecular complexity index is 1320. The highest BCUT2D eigenvalue weighted by molar-refractivity contribution is 6.01. The number of anilines is 2. The molecule has 36 heavy (non-hydrogen) atoms. The minimum absolute atomic E-state index is 0.0485. The molecule has 0 aromatic heterocycles. The van der Waals surface area contributed by atoms with Gasteiger partial charge in [-0.1, -0.05) is 0 Å². The van der Waals surface area contributed by atoms with E-state index >= 15 is 4.39 Å². The van der Waals surface area contributed by atoms with Gasteiger partial charge in [0.25, 0.3) is 0 Å². The van der Waals surface area contributed by atoms with Crippen molar-refractivity contribution in [3.63, 3.8) is 0 Å². The maximum absolute atomic E-state index is 15.4. The van der Waals surface area contributed by atoms with Crippen LogP contribution in [0.5, 0.6) is 5.75 Å². The van der Waals surface area contributed by atoms with Crippen LogP contribution in [0, 0.1) is 23.0 Å². The molecular formula is C25H23F2N5O4. The molecule has 9 nitrogen and oxygen atoms in total. The van der Waals surface area contributed by atoms with E-state index in [-0.39, 0.29) is 47.6 Å². The lowest BCUT2D eigenvalue weighted by Gasteiger charge is -2.48. The Morgan fingerprint density at radius 1 is 1.22 bits per heavy atom. The van der Waals surface area contributed by atoms with E-state index in [4.69, 9.17) is 10.00 Å². The first-order chi connectivity index (χ1) is 17.3. The summed E-state index contributed by atoms with van der Waals surface area (Å²) in [5, 5.41) is 16.3. The topological polar surface area (TPSA) is 124 Å². The second-order valence-corrected chi connectivity index (χ2v) is 9.11. The van der Waals surface area contributed by atoms with Gasteiger partial charge in [0.2, 0.25) is 11.8 Å². The standard InChI is InChI=1S/C25H23F2N5O4/c1-12-19(30-25(35)29-18-4-2-13(10-28)8-16(18)26)11-32(12)20-9-17(27)22(14-6-7-36-23(14)20)15-3-5-21(33)31-24(15)34/h2,4,8-9,12,15,19H,3,5-7,11H2,1H3,(H2,29,30,35)(H,31,33,34)/t12-,15?,19+/m0/s1. The predicted octanol–water partition coefficient (Wildman–Crippen LogP) is 2.69. The van der Waals surface area contributed by atoms with Crippen LogP contribution in [0.2, 0.25) is 0 Å². The first-order valence-corrected chi connectivity index (χ1v) is 11.6. The van der Waals surface area contributed by atoms with Crippen LogP contribution in [-0.4, -0.2) is 43.1 Å². The van der Waals surface area contributed by atoms with Gasteiger partial charge in [-0.3, -0.25) is 14.9 Å². The summed E-state index contributed by atoms with van der Waals surface area (Å²) < 4.78 is 35.3. The highest BCUT2D eigenvalue weighted by Crippen LogP contribution is 2.46. The Labute approximate surface area is 205 Å². The van der Waals surface area contributed by atoms with E-state index in [1.54, 1.807) is 0 Å². The van der Waals surface area contributed by atoms with Crippen LogP contribution in [0.1, 0.15) is 42.4 Å².